The maximum Gasteiger partial charge on any atom is 0.152 e. The van der Waals surface area contributed by atoms with Crippen LogP contribution in [0.1, 0.15) is 20.3 Å². The van der Waals surface area contributed by atoms with E-state index in [0.717, 1.165) is 19.5 Å². The summed E-state index contributed by atoms with van der Waals surface area (Å²) in [6.07, 6.45) is 2.86. The Balaban J connectivity index is 2.62. The van der Waals surface area contributed by atoms with E-state index >= 15 is 0 Å². The molecule has 1 aliphatic rings. The second-order valence-corrected chi connectivity index (χ2v) is 3.74. The molecule has 0 aliphatic carbocycles. The van der Waals surface area contributed by atoms with Gasteiger partial charge in [0.15, 0.2) is 5.78 Å². The number of carbonyl (C=O) groups is 1. The number of ketones is 1. The Labute approximate surface area is 74.2 Å². The Morgan fingerprint density at radius 3 is 2.83 bits per heavy atom. The van der Waals surface area contributed by atoms with E-state index in [2.05, 4.69) is 18.9 Å². The van der Waals surface area contributed by atoms with Gasteiger partial charge in [0.1, 0.15) is 0 Å². The standard InChI is InChI=1S/C10H17NO/c1-8-7-11(3)5-4-10(8)6-9(2)12/h6,8H,4-5,7H2,1-3H3/b10-6-. The highest BCUT2D eigenvalue weighted by molar-refractivity contribution is 5.88. The molecule has 0 aromatic rings. The molecule has 0 aromatic heterocycles. The lowest BCUT2D eigenvalue weighted by Crippen LogP contribution is -2.32. The van der Waals surface area contributed by atoms with Crippen molar-refractivity contribution in [1.82, 2.24) is 4.90 Å². The van der Waals surface area contributed by atoms with Gasteiger partial charge < -0.3 is 4.90 Å². The number of nitrogens with zero attached hydrogens (tertiary/aromatic N) is 1. The maximum atomic E-state index is 10.8. The molecule has 1 rings (SSSR count). The number of likely N-dealkylation sites (tertiary alicyclic amines) is 1. The zero-order chi connectivity index (χ0) is 9.14. The average molecular weight is 167 g/mol. The summed E-state index contributed by atoms with van der Waals surface area (Å²) >= 11 is 0. The van der Waals surface area contributed by atoms with E-state index in [4.69, 9.17) is 0 Å². The van der Waals surface area contributed by atoms with Crippen LogP contribution in [0.15, 0.2) is 11.6 Å². The van der Waals surface area contributed by atoms with Crippen LogP contribution in [0.3, 0.4) is 0 Å². The van der Waals surface area contributed by atoms with Crippen molar-refractivity contribution in [3.63, 3.8) is 0 Å². The molecule has 0 bridgehead atoms. The SMILES string of the molecule is CC(=O)/C=C1/CCN(C)CC1C. The molecular formula is C10H17NO. The summed E-state index contributed by atoms with van der Waals surface area (Å²) < 4.78 is 0. The van der Waals surface area contributed by atoms with Crippen molar-refractivity contribution in [3.8, 4) is 0 Å². The van der Waals surface area contributed by atoms with Crippen LogP contribution in [0.5, 0.6) is 0 Å². The second-order valence-electron chi connectivity index (χ2n) is 3.74. The summed E-state index contributed by atoms with van der Waals surface area (Å²) in [5.41, 5.74) is 1.32. The van der Waals surface area contributed by atoms with Crippen molar-refractivity contribution < 1.29 is 4.79 Å². The highest BCUT2D eigenvalue weighted by Gasteiger charge is 2.17. The van der Waals surface area contributed by atoms with E-state index in [0.29, 0.717) is 5.92 Å². The first-order valence-electron chi connectivity index (χ1n) is 4.49. The van der Waals surface area contributed by atoms with Gasteiger partial charge in [-0.15, -0.1) is 0 Å². The van der Waals surface area contributed by atoms with Crippen LogP contribution >= 0.6 is 0 Å². The molecule has 0 spiro atoms. The number of carbonyl (C=O) groups excluding carboxylic acids is 1. The van der Waals surface area contributed by atoms with Crippen molar-refractivity contribution in [2.24, 2.45) is 5.92 Å². The van der Waals surface area contributed by atoms with Crippen LogP contribution in [0.2, 0.25) is 0 Å². The van der Waals surface area contributed by atoms with Gasteiger partial charge in [-0.25, -0.2) is 0 Å². The van der Waals surface area contributed by atoms with Crippen molar-refractivity contribution in [2.45, 2.75) is 20.3 Å². The summed E-state index contributed by atoms with van der Waals surface area (Å²) in [5, 5.41) is 0. The Hall–Kier alpha value is -0.630. The van der Waals surface area contributed by atoms with Crippen molar-refractivity contribution >= 4 is 5.78 Å². The van der Waals surface area contributed by atoms with Gasteiger partial charge in [-0.1, -0.05) is 12.5 Å². The van der Waals surface area contributed by atoms with Gasteiger partial charge in [0.2, 0.25) is 0 Å². The lowest BCUT2D eigenvalue weighted by Gasteiger charge is -2.29. The van der Waals surface area contributed by atoms with Crippen LogP contribution in [0.25, 0.3) is 0 Å². The van der Waals surface area contributed by atoms with E-state index in [1.165, 1.54) is 5.57 Å². The minimum Gasteiger partial charge on any atom is -0.305 e. The highest BCUT2D eigenvalue weighted by atomic mass is 16.1. The number of piperidine rings is 1. The molecular weight excluding hydrogens is 150 g/mol. The van der Waals surface area contributed by atoms with Crippen molar-refractivity contribution in [3.05, 3.63) is 11.6 Å². The first-order chi connectivity index (χ1) is 5.59. The van der Waals surface area contributed by atoms with Crippen LogP contribution in [-0.2, 0) is 4.79 Å². The number of hydrogen-bond acceptors (Lipinski definition) is 2. The van der Waals surface area contributed by atoms with Crippen LogP contribution in [-0.4, -0.2) is 30.8 Å². The van der Waals surface area contributed by atoms with Gasteiger partial charge >= 0.3 is 0 Å². The second kappa shape index (κ2) is 3.85. The lowest BCUT2D eigenvalue weighted by atomic mass is 9.93. The third kappa shape index (κ3) is 2.45. The van der Waals surface area contributed by atoms with Crippen molar-refractivity contribution in [1.29, 1.82) is 0 Å². The topological polar surface area (TPSA) is 20.3 Å². The van der Waals surface area contributed by atoms with Crippen molar-refractivity contribution in [2.75, 3.05) is 20.1 Å². The molecule has 0 saturated carbocycles. The van der Waals surface area contributed by atoms with Gasteiger partial charge in [0.25, 0.3) is 0 Å². The van der Waals surface area contributed by atoms with E-state index in [1.54, 1.807) is 13.0 Å². The fraction of sp³-hybridized carbons (Fsp3) is 0.700. The smallest absolute Gasteiger partial charge is 0.152 e. The molecule has 0 aromatic carbocycles. The average Bonchev–Trinajstić information content (AvgIpc) is 1.94. The molecule has 2 nitrogen and oxygen atoms in total. The Bertz CT molecular complexity index is 208. The van der Waals surface area contributed by atoms with Gasteiger partial charge in [-0.3, -0.25) is 4.79 Å². The van der Waals surface area contributed by atoms with E-state index in [9.17, 15) is 4.79 Å². The summed E-state index contributed by atoms with van der Waals surface area (Å²) in [6.45, 7) is 5.98. The summed E-state index contributed by atoms with van der Waals surface area (Å²) in [4.78, 5) is 13.2. The fourth-order valence-corrected chi connectivity index (χ4v) is 1.72. The van der Waals surface area contributed by atoms with Gasteiger partial charge in [0, 0.05) is 13.1 Å². The highest BCUT2D eigenvalue weighted by Crippen LogP contribution is 2.20. The molecule has 1 fully saturated rings. The van der Waals surface area contributed by atoms with E-state index in [1.807, 2.05) is 0 Å². The lowest BCUT2D eigenvalue weighted by molar-refractivity contribution is -0.112. The molecule has 12 heavy (non-hydrogen) atoms. The molecule has 0 N–H and O–H groups in total. The predicted octanol–water partition coefficient (Wildman–Crippen LogP) is 1.47. The minimum absolute atomic E-state index is 0.182. The Morgan fingerprint density at radius 2 is 2.33 bits per heavy atom. The first-order valence-corrected chi connectivity index (χ1v) is 4.49. The Morgan fingerprint density at radius 1 is 1.67 bits per heavy atom. The molecule has 1 saturated heterocycles. The molecule has 2 heteroatoms. The molecule has 1 aliphatic heterocycles. The monoisotopic (exact) mass is 167 g/mol. The largest absolute Gasteiger partial charge is 0.305 e. The summed E-state index contributed by atoms with van der Waals surface area (Å²) in [6, 6.07) is 0. The first kappa shape index (κ1) is 9.46. The molecule has 0 amide bonds. The van der Waals surface area contributed by atoms with Gasteiger partial charge in [-0.05, 0) is 32.4 Å². The van der Waals surface area contributed by atoms with E-state index in [-0.39, 0.29) is 5.78 Å². The predicted molar refractivity (Wildman–Crippen MR) is 50.0 cm³/mol. The fourth-order valence-electron chi connectivity index (χ4n) is 1.72. The third-order valence-corrected chi connectivity index (χ3v) is 2.39. The molecule has 1 atom stereocenters. The van der Waals surface area contributed by atoms with Crippen LogP contribution < -0.4 is 0 Å². The number of rotatable bonds is 1. The summed E-state index contributed by atoms with van der Waals surface area (Å²) in [7, 11) is 2.13. The number of hydrogen-bond donors (Lipinski definition) is 0. The Kier molecular flexibility index (Phi) is 3.04. The number of allylic oxidation sites excluding steroid dienone is 1. The molecule has 68 valence electrons. The van der Waals surface area contributed by atoms with Gasteiger partial charge in [-0.2, -0.15) is 0 Å². The molecule has 1 unspecified atom stereocenters. The molecule has 0 radical (unpaired) electrons. The quantitative estimate of drug-likeness (QED) is 0.551. The van der Waals surface area contributed by atoms with E-state index < -0.39 is 0 Å². The zero-order valence-electron chi connectivity index (χ0n) is 8.13. The normalized spacial score (nSPS) is 29.2. The zero-order valence-corrected chi connectivity index (χ0v) is 8.13. The molecule has 1 heterocycles. The minimum atomic E-state index is 0.182. The van der Waals surface area contributed by atoms with Crippen LogP contribution in [0.4, 0.5) is 0 Å². The van der Waals surface area contributed by atoms with Crippen LogP contribution in [0, 0.1) is 5.92 Å². The summed E-state index contributed by atoms with van der Waals surface area (Å²) in [5.74, 6) is 0.731. The van der Waals surface area contributed by atoms with Gasteiger partial charge in [0.05, 0.1) is 0 Å². The third-order valence-electron chi connectivity index (χ3n) is 2.39. The maximum absolute atomic E-state index is 10.8.